The zero-order valence-electron chi connectivity index (χ0n) is 19.5. The molecule has 0 aliphatic carbocycles. The number of hydrogen-bond acceptors (Lipinski definition) is 7. The molecule has 4 rings (SSSR count). The van der Waals surface area contributed by atoms with Crippen molar-refractivity contribution in [3.05, 3.63) is 47.0 Å². The number of piperidine rings is 1. The molecular weight excluding hydrogens is 440 g/mol. The van der Waals surface area contributed by atoms with E-state index in [1.54, 1.807) is 56.6 Å². The summed E-state index contributed by atoms with van der Waals surface area (Å²) in [4.78, 5) is 39.5. The molecule has 1 amide bonds. The number of esters is 1. The van der Waals surface area contributed by atoms with Crippen LogP contribution < -0.4 is 15.0 Å². The van der Waals surface area contributed by atoms with Gasteiger partial charge in [-0.25, -0.2) is 4.52 Å². The van der Waals surface area contributed by atoms with Crippen LogP contribution in [0.2, 0.25) is 0 Å². The molecule has 1 fully saturated rings. The van der Waals surface area contributed by atoms with Gasteiger partial charge in [0.15, 0.2) is 11.5 Å². The van der Waals surface area contributed by atoms with E-state index in [2.05, 4.69) is 5.10 Å². The van der Waals surface area contributed by atoms with Crippen molar-refractivity contribution >= 4 is 17.4 Å². The Morgan fingerprint density at radius 2 is 1.79 bits per heavy atom. The predicted molar refractivity (Wildman–Crippen MR) is 124 cm³/mol. The fraction of sp³-hybridized carbons (Fsp3) is 0.417. The summed E-state index contributed by atoms with van der Waals surface area (Å²) in [5.41, 5.74) is 1.42. The summed E-state index contributed by atoms with van der Waals surface area (Å²) in [5, 5.41) is 4.49. The highest BCUT2D eigenvalue weighted by molar-refractivity contribution is 5.77. The summed E-state index contributed by atoms with van der Waals surface area (Å²) in [6.07, 6.45) is 4.34. The van der Waals surface area contributed by atoms with Gasteiger partial charge in [0.25, 0.3) is 5.56 Å². The predicted octanol–water partition coefficient (Wildman–Crippen LogP) is 1.98. The fourth-order valence-electron chi connectivity index (χ4n) is 4.16. The Hall–Kier alpha value is -3.82. The van der Waals surface area contributed by atoms with Gasteiger partial charge in [0.05, 0.1) is 32.4 Å². The minimum atomic E-state index is -0.309. The van der Waals surface area contributed by atoms with Crippen LogP contribution in [0.15, 0.2) is 41.5 Å². The average molecular weight is 469 g/mol. The first-order valence-corrected chi connectivity index (χ1v) is 11.2. The second-order valence-electron chi connectivity index (χ2n) is 8.07. The first kappa shape index (κ1) is 23.3. The van der Waals surface area contributed by atoms with Gasteiger partial charge in [0.1, 0.15) is 12.1 Å². The fourth-order valence-corrected chi connectivity index (χ4v) is 4.16. The molecule has 3 heterocycles. The summed E-state index contributed by atoms with van der Waals surface area (Å²) in [7, 11) is 3.12. The largest absolute Gasteiger partial charge is 0.493 e. The SMILES string of the molecule is CCOC(=O)C1CCN(C(=O)Cn2ccn3nc(-c4ccc(OC)c(OC)c4)cc3c2=O)CC1. The van der Waals surface area contributed by atoms with Crippen LogP contribution in [0, 0.1) is 5.92 Å². The lowest BCUT2D eigenvalue weighted by atomic mass is 9.97. The number of hydrogen-bond donors (Lipinski definition) is 0. The quantitative estimate of drug-likeness (QED) is 0.489. The van der Waals surface area contributed by atoms with E-state index in [1.807, 2.05) is 6.07 Å². The Kier molecular flexibility index (Phi) is 6.85. The lowest BCUT2D eigenvalue weighted by Gasteiger charge is -2.31. The standard InChI is InChI=1S/C24H28N4O6/c1-4-34-24(31)16-7-9-26(10-8-16)22(29)15-27-11-12-28-19(23(27)30)14-18(25-28)17-5-6-20(32-2)21(13-17)33-3/h5-6,11-14,16H,4,7-10,15H2,1-3H3. The highest BCUT2D eigenvalue weighted by Gasteiger charge is 2.28. The molecule has 3 aromatic rings. The summed E-state index contributed by atoms with van der Waals surface area (Å²) in [6.45, 7) is 3.00. The highest BCUT2D eigenvalue weighted by atomic mass is 16.5. The topological polar surface area (TPSA) is 104 Å². The van der Waals surface area contributed by atoms with Gasteiger partial charge in [-0.3, -0.25) is 14.4 Å². The Labute approximate surface area is 196 Å². The van der Waals surface area contributed by atoms with E-state index < -0.39 is 0 Å². The van der Waals surface area contributed by atoms with Crippen LogP contribution >= 0.6 is 0 Å². The Balaban J connectivity index is 1.50. The molecule has 10 heteroatoms. The number of fused-ring (bicyclic) bond motifs is 1. The van der Waals surface area contributed by atoms with Crippen LogP contribution in [0.5, 0.6) is 11.5 Å². The van der Waals surface area contributed by atoms with Crippen LogP contribution in [0.4, 0.5) is 0 Å². The Bertz CT molecular complexity index is 1260. The molecule has 2 aromatic heterocycles. The summed E-state index contributed by atoms with van der Waals surface area (Å²) in [5.74, 6) is 0.620. The van der Waals surface area contributed by atoms with Crippen molar-refractivity contribution in [2.75, 3.05) is 33.9 Å². The van der Waals surface area contributed by atoms with Crippen LogP contribution in [-0.2, 0) is 20.9 Å². The molecule has 0 saturated carbocycles. The Morgan fingerprint density at radius 3 is 2.47 bits per heavy atom. The number of methoxy groups -OCH3 is 2. The maximum Gasteiger partial charge on any atom is 0.309 e. The zero-order valence-corrected chi connectivity index (χ0v) is 19.5. The number of nitrogens with zero attached hydrogens (tertiary/aromatic N) is 4. The van der Waals surface area contributed by atoms with E-state index in [0.717, 1.165) is 5.56 Å². The smallest absolute Gasteiger partial charge is 0.309 e. The van der Waals surface area contributed by atoms with Crippen molar-refractivity contribution < 1.29 is 23.8 Å². The number of aromatic nitrogens is 3. The first-order valence-electron chi connectivity index (χ1n) is 11.2. The summed E-state index contributed by atoms with van der Waals surface area (Å²) < 4.78 is 18.6. The van der Waals surface area contributed by atoms with Crippen molar-refractivity contribution in [3.8, 4) is 22.8 Å². The van der Waals surface area contributed by atoms with Gasteiger partial charge >= 0.3 is 5.97 Å². The van der Waals surface area contributed by atoms with Crippen LogP contribution in [0.1, 0.15) is 19.8 Å². The normalized spacial score (nSPS) is 14.3. The van der Waals surface area contributed by atoms with Crippen LogP contribution in [-0.4, -0.2) is 64.9 Å². The molecule has 10 nitrogen and oxygen atoms in total. The minimum absolute atomic E-state index is 0.0731. The van der Waals surface area contributed by atoms with Crippen molar-refractivity contribution in [2.45, 2.75) is 26.3 Å². The van der Waals surface area contributed by atoms with Crippen molar-refractivity contribution in [3.63, 3.8) is 0 Å². The lowest BCUT2D eigenvalue weighted by molar-refractivity contribution is -0.151. The van der Waals surface area contributed by atoms with Gasteiger partial charge in [-0.1, -0.05) is 0 Å². The molecule has 0 unspecified atom stereocenters. The highest BCUT2D eigenvalue weighted by Crippen LogP contribution is 2.31. The molecule has 1 aliphatic heterocycles. The number of amides is 1. The van der Waals surface area contributed by atoms with Crippen LogP contribution in [0.3, 0.4) is 0 Å². The van der Waals surface area contributed by atoms with Crippen LogP contribution in [0.25, 0.3) is 16.8 Å². The molecule has 34 heavy (non-hydrogen) atoms. The number of rotatable bonds is 7. The summed E-state index contributed by atoms with van der Waals surface area (Å²) in [6, 6.07) is 7.10. The van der Waals surface area contributed by atoms with E-state index in [0.29, 0.717) is 55.2 Å². The van der Waals surface area contributed by atoms with Gasteiger partial charge in [-0.2, -0.15) is 5.10 Å². The monoisotopic (exact) mass is 468 g/mol. The summed E-state index contributed by atoms with van der Waals surface area (Å²) >= 11 is 0. The molecule has 180 valence electrons. The lowest BCUT2D eigenvalue weighted by Crippen LogP contribution is -2.43. The minimum Gasteiger partial charge on any atom is -0.493 e. The van der Waals surface area contributed by atoms with Gasteiger partial charge in [0.2, 0.25) is 5.91 Å². The second-order valence-corrected chi connectivity index (χ2v) is 8.07. The van der Waals surface area contributed by atoms with E-state index in [-0.39, 0.29) is 29.9 Å². The molecule has 1 aromatic carbocycles. The van der Waals surface area contributed by atoms with Crippen molar-refractivity contribution in [1.82, 2.24) is 19.1 Å². The third-order valence-corrected chi connectivity index (χ3v) is 6.06. The number of benzene rings is 1. The van der Waals surface area contributed by atoms with E-state index >= 15 is 0 Å². The van der Waals surface area contributed by atoms with E-state index in [1.165, 1.54) is 9.08 Å². The molecule has 0 N–H and O–H groups in total. The van der Waals surface area contributed by atoms with Crippen molar-refractivity contribution in [2.24, 2.45) is 5.92 Å². The number of ether oxygens (including phenoxy) is 3. The molecule has 0 spiro atoms. The Morgan fingerprint density at radius 1 is 1.06 bits per heavy atom. The molecule has 0 radical (unpaired) electrons. The maximum atomic E-state index is 13.1. The average Bonchev–Trinajstić information content (AvgIpc) is 3.30. The number of carbonyl (C=O) groups excluding carboxylic acids is 2. The molecule has 0 bridgehead atoms. The molecule has 1 aliphatic rings. The second kappa shape index (κ2) is 9.98. The van der Waals surface area contributed by atoms with Crippen molar-refractivity contribution in [1.29, 1.82) is 0 Å². The van der Waals surface area contributed by atoms with Gasteiger partial charge in [0, 0.05) is 31.0 Å². The maximum absolute atomic E-state index is 13.1. The first-order chi connectivity index (χ1) is 16.4. The van der Waals surface area contributed by atoms with Gasteiger partial charge in [-0.05, 0) is 44.0 Å². The zero-order chi connectivity index (χ0) is 24.2. The third kappa shape index (κ3) is 4.61. The van der Waals surface area contributed by atoms with E-state index in [9.17, 15) is 14.4 Å². The van der Waals surface area contributed by atoms with E-state index in [4.69, 9.17) is 14.2 Å². The third-order valence-electron chi connectivity index (χ3n) is 6.06. The molecule has 0 atom stereocenters. The molecule has 1 saturated heterocycles. The molecular formula is C24H28N4O6. The number of carbonyl (C=O) groups is 2. The van der Waals surface area contributed by atoms with Gasteiger partial charge in [-0.15, -0.1) is 0 Å². The van der Waals surface area contributed by atoms with Gasteiger partial charge < -0.3 is 23.7 Å². The number of likely N-dealkylation sites (tertiary alicyclic amines) is 1.